The van der Waals surface area contributed by atoms with Crippen LogP contribution in [-0.4, -0.2) is 102 Å². The van der Waals surface area contributed by atoms with E-state index in [1.54, 1.807) is 12.1 Å². The van der Waals surface area contributed by atoms with Crippen LogP contribution in [0, 0.1) is 17.3 Å². The average molecular weight is 784 g/mol. The molecule has 1 unspecified atom stereocenters. The number of hydrogen-bond acceptors (Lipinski definition) is 12. The summed E-state index contributed by atoms with van der Waals surface area (Å²) in [6.07, 6.45) is 1.67. The van der Waals surface area contributed by atoms with Crippen molar-refractivity contribution >= 4 is 56.9 Å². The van der Waals surface area contributed by atoms with E-state index in [0.29, 0.717) is 70.5 Å². The summed E-state index contributed by atoms with van der Waals surface area (Å²) >= 11 is 8.47. The Bertz CT molecular complexity index is 1870. The number of nitrogens with one attached hydrogen (secondary N) is 3. The van der Waals surface area contributed by atoms with Crippen LogP contribution < -0.4 is 31.2 Å². The first-order chi connectivity index (χ1) is 25.7. The Morgan fingerprint density at radius 2 is 1.87 bits per heavy atom. The van der Waals surface area contributed by atoms with Gasteiger partial charge in [-0.2, -0.15) is 0 Å². The van der Waals surface area contributed by atoms with Crippen molar-refractivity contribution in [2.75, 3.05) is 38.2 Å². The number of carbonyl (C=O) groups is 3. The molecule has 2 saturated carbocycles. The van der Waals surface area contributed by atoms with Crippen LogP contribution in [0.15, 0.2) is 23.6 Å². The number of nitrogens with two attached hydrogens (primary N) is 1. The third-order valence-corrected chi connectivity index (χ3v) is 11.6. The molecule has 54 heavy (non-hydrogen) atoms. The Morgan fingerprint density at radius 3 is 2.56 bits per heavy atom. The summed E-state index contributed by atoms with van der Waals surface area (Å²) in [6.45, 7) is 12.0. The van der Waals surface area contributed by atoms with Crippen LogP contribution in [0.25, 0.3) is 22.3 Å². The first-order valence-electron chi connectivity index (χ1n) is 18.8. The van der Waals surface area contributed by atoms with Gasteiger partial charge in [-0.05, 0) is 62.5 Å². The molecule has 0 spiro atoms. The fourth-order valence-corrected chi connectivity index (χ4v) is 8.73. The van der Waals surface area contributed by atoms with Gasteiger partial charge in [-0.1, -0.05) is 32.4 Å². The second-order valence-electron chi connectivity index (χ2n) is 16.2. The number of halogens is 1. The molecule has 1 aromatic carbocycles. The van der Waals surface area contributed by atoms with Crippen LogP contribution in [-0.2, 0) is 19.1 Å². The maximum Gasteiger partial charge on any atom is 0.408 e. The van der Waals surface area contributed by atoms with Gasteiger partial charge in [0.15, 0.2) is 5.13 Å². The predicted molar refractivity (Wildman–Crippen MR) is 206 cm³/mol. The standard InChI is InChI=1S/C38H50ClN7O7S/c1-19(2)42-36-44-27(18-54-36)26-14-30(25-6-7-29(31(39)32(25)43-26)51-17-22-16-50-9-8-41-22)52-24-13-28(34(40)47)46(15-24)35(48)33(38(3,4)5)45-37(49)53-23-11-20-10-21(20)12-23/h6-7,14,18-24,28,33,41H,8-13,15-17H2,1-5H3,(H2,40,47)(H,42,44)(H,45,49)/t20-,21+,22-,23+,24?,28-,33+/m0/s1. The number of primary amides is 1. The number of benzene rings is 1. The monoisotopic (exact) mass is 783 g/mol. The lowest BCUT2D eigenvalue weighted by Gasteiger charge is -2.35. The highest BCUT2D eigenvalue weighted by Gasteiger charge is 2.48. The van der Waals surface area contributed by atoms with E-state index in [-0.39, 0.29) is 31.2 Å². The highest BCUT2D eigenvalue weighted by molar-refractivity contribution is 7.14. The molecule has 3 aromatic rings. The number of amides is 3. The number of alkyl carbamates (subject to hydrolysis) is 1. The zero-order valence-corrected chi connectivity index (χ0v) is 32.9. The van der Waals surface area contributed by atoms with Gasteiger partial charge < -0.3 is 45.5 Å². The molecule has 3 amide bonds. The number of aromatic nitrogens is 2. The fraction of sp³-hybridized carbons (Fsp3) is 0.605. The van der Waals surface area contributed by atoms with Crippen molar-refractivity contribution in [2.24, 2.45) is 23.0 Å². The molecule has 2 saturated heterocycles. The van der Waals surface area contributed by atoms with E-state index in [2.05, 4.69) is 16.0 Å². The third kappa shape index (κ3) is 8.64. The molecule has 292 valence electrons. The average Bonchev–Trinajstić information content (AvgIpc) is 3.45. The van der Waals surface area contributed by atoms with Crippen molar-refractivity contribution in [3.05, 3.63) is 28.6 Å². The molecule has 0 bridgehead atoms. The molecule has 4 heterocycles. The number of hydrogen-bond donors (Lipinski definition) is 4. The zero-order chi connectivity index (χ0) is 38.3. The SMILES string of the molecule is CC(C)Nc1nc(-c2cc(OC3C[C@@H](C(N)=O)N(C(=O)[C@@H](NC(=O)O[C@@H]4C[C@@H]5C[C@@H]5C4)C(C)(C)C)C3)c3ccc(OC[C@@H]4COCCN4)c(Cl)c3n2)cs1. The minimum absolute atomic E-state index is 0.0216. The van der Waals surface area contributed by atoms with Crippen molar-refractivity contribution in [2.45, 2.75) is 96.7 Å². The molecule has 2 aromatic heterocycles. The van der Waals surface area contributed by atoms with Crippen molar-refractivity contribution < 1.29 is 33.3 Å². The molecule has 4 aliphatic rings. The lowest BCUT2D eigenvalue weighted by molar-refractivity contribution is -0.141. The Kier molecular flexibility index (Phi) is 11.1. The number of carbonyl (C=O) groups excluding carboxylic acids is 3. The summed E-state index contributed by atoms with van der Waals surface area (Å²) in [5, 5.41) is 13.1. The molecule has 5 N–H and O–H groups in total. The number of pyridine rings is 1. The van der Waals surface area contributed by atoms with Crippen LogP contribution >= 0.6 is 22.9 Å². The van der Waals surface area contributed by atoms with E-state index < -0.39 is 41.5 Å². The molecule has 4 fully saturated rings. The summed E-state index contributed by atoms with van der Waals surface area (Å²) in [6, 6.07) is 3.69. The number of rotatable bonds is 12. The number of likely N-dealkylation sites (tertiary alicyclic amines) is 1. The molecule has 0 radical (unpaired) electrons. The maximum absolute atomic E-state index is 14.3. The third-order valence-electron chi connectivity index (χ3n) is 10.5. The number of thiazole rings is 1. The van der Waals surface area contributed by atoms with Crippen molar-refractivity contribution in [3.8, 4) is 22.9 Å². The predicted octanol–water partition coefficient (Wildman–Crippen LogP) is 4.97. The quantitative estimate of drug-likeness (QED) is 0.195. The second kappa shape index (κ2) is 15.7. The van der Waals surface area contributed by atoms with Crippen molar-refractivity contribution in [3.63, 3.8) is 0 Å². The summed E-state index contributed by atoms with van der Waals surface area (Å²) in [5.74, 6) is 1.10. The molecule has 7 rings (SSSR count). The largest absolute Gasteiger partial charge is 0.490 e. The van der Waals surface area contributed by atoms with E-state index in [1.807, 2.05) is 46.1 Å². The van der Waals surface area contributed by atoms with E-state index >= 15 is 0 Å². The summed E-state index contributed by atoms with van der Waals surface area (Å²) in [5.41, 5.74) is 6.81. The highest BCUT2D eigenvalue weighted by Crippen LogP contribution is 2.52. The summed E-state index contributed by atoms with van der Waals surface area (Å²) < 4.78 is 24.1. The lowest BCUT2D eigenvalue weighted by Crippen LogP contribution is -2.57. The van der Waals surface area contributed by atoms with Crippen molar-refractivity contribution in [1.82, 2.24) is 25.5 Å². The minimum atomic E-state index is -0.971. The Hall–Kier alpha value is -3.92. The molecular weight excluding hydrogens is 734 g/mol. The van der Waals surface area contributed by atoms with E-state index in [9.17, 15) is 14.4 Å². The van der Waals surface area contributed by atoms with Crippen LogP contribution in [0.4, 0.5) is 9.93 Å². The maximum atomic E-state index is 14.3. The van der Waals surface area contributed by atoms with Gasteiger partial charge in [-0.15, -0.1) is 11.3 Å². The van der Waals surface area contributed by atoms with Gasteiger partial charge in [0.25, 0.3) is 0 Å². The van der Waals surface area contributed by atoms with Gasteiger partial charge in [0, 0.05) is 35.8 Å². The molecule has 16 heteroatoms. The first-order valence-corrected chi connectivity index (χ1v) is 20.0. The number of anilines is 1. The lowest BCUT2D eigenvalue weighted by atomic mass is 9.85. The van der Waals surface area contributed by atoms with E-state index in [4.69, 9.17) is 46.3 Å². The first kappa shape index (κ1) is 38.4. The zero-order valence-electron chi connectivity index (χ0n) is 31.4. The number of morpholine rings is 1. The van der Waals surface area contributed by atoms with Crippen LogP contribution in [0.2, 0.25) is 5.02 Å². The Morgan fingerprint density at radius 1 is 1.09 bits per heavy atom. The van der Waals surface area contributed by atoms with Gasteiger partial charge in [0.2, 0.25) is 11.8 Å². The molecule has 7 atom stereocenters. The Balaban J connectivity index is 1.14. The van der Waals surface area contributed by atoms with Crippen LogP contribution in [0.5, 0.6) is 11.5 Å². The normalized spacial score (nSPS) is 25.6. The molecular formula is C38H50ClN7O7S. The fourth-order valence-electron chi connectivity index (χ4n) is 7.62. The highest BCUT2D eigenvalue weighted by atomic mass is 35.5. The van der Waals surface area contributed by atoms with Crippen molar-refractivity contribution in [1.29, 1.82) is 0 Å². The smallest absolute Gasteiger partial charge is 0.408 e. The van der Waals surface area contributed by atoms with Crippen LogP contribution in [0.1, 0.15) is 60.3 Å². The van der Waals surface area contributed by atoms with E-state index in [0.717, 1.165) is 24.5 Å². The van der Waals surface area contributed by atoms with Gasteiger partial charge in [-0.3, -0.25) is 9.59 Å². The number of ether oxygens (including phenoxy) is 4. The minimum Gasteiger partial charge on any atom is -0.490 e. The number of fused-ring (bicyclic) bond motifs is 2. The van der Waals surface area contributed by atoms with Gasteiger partial charge in [0.1, 0.15) is 53.1 Å². The van der Waals surface area contributed by atoms with Gasteiger partial charge in [-0.25, -0.2) is 14.8 Å². The van der Waals surface area contributed by atoms with Crippen LogP contribution in [0.3, 0.4) is 0 Å². The number of nitrogens with zero attached hydrogens (tertiary/aromatic N) is 3. The summed E-state index contributed by atoms with van der Waals surface area (Å²) in [7, 11) is 0. The molecule has 2 aliphatic carbocycles. The molecule has 2 aliphatic heterocycles. The molecule has 14 nitrogen and oxygen atoms in total. The van der Waals surface area contributed by atoms with Gasteiger partial charge >= 0.3 is 6.09 Å². The summed E-state index contributed by atoms with van der Waals surface area (Å²) in [4.78, 5) is 51.3. The van der Waals surface area contributed by atoms with E-state index in [1.165, 1.54) is 22.7 Å². The van der Waals surface area contributed by atoms with Gasteiger partial charge in [0.05, 0.1) is 37.0 Å². The topological polar surface area (TPSA) is 179 Å². The Labute approximate surface area is 324 Å². The second-order valence-corrected chi connectivity index (χ2v) is 17.5.